The molecule has 0 saturated heterocycles. The number of hydrogen-bond donors (Lipinski definition) is 0. The lowest BCUT2D eigenvalue weighted by Gasteiger charge is -2.20. The van der Waals surface area contributed by atoms with Crippen LogP contribution in [0, 0.1) is 5.92 Å². The number of carbonyl (C=O) groups excluding carboxylic acids is 2. The van der Waals surface area contributed by atoms with Gasteiger partial charge in [0.25, 0.3) is 0 Å². The van der Waals surface area contributed by atoms with E-state index in [4.69, 9.17) is 4.74 Å². The molecule has 0 rings (SSSR count). The average Bonchev–Trinajstić information content (AvgIpc) is 2.31. The van der Waals surface area contributed by atoms with Crippen molar-refractivity contribution < 1.29 is 23.8 Å². The van der Waals surface area contributed by atoms with Gasteiger partial charge in [0.1, 0.15) is 0 Å². The molecule has 0 bridgehead atoms. The Hall–Kier alpha value is -1.36. The molecular formula is C12H20O5. The molecule has 0 aromatic carbocycles. The number of hydrogen-bond acceptors (Lipinski definition) is 5. The summed E-state index contributed by atoms with van der Waals surface area (Å²) in [7, 11) is 2.45. The first-order chi connectivity index (χ1) is 7.96. The molecule has 5 nitrogen and oxygen atoms in total. The lowest BCUT2D eigenvalue weighted by Crippen LogP contribution is -2.31. The summed E-state index contributed by atoms with van der Waals surface area (Å²) >= 11 is 0. The Morgan fingerprint density at radius 1 is 1.18 bits per heavy atom. The van der Waals surface area contributed by atoms with E-state index in [1.54, 1.807) is 6.08 Å². The maximum absolute atomic E-state index is 11.4. The Balaban J connectivity index is 4.65. The van der Waals surface area contributed by atoms with Gasteiger partial charge in [0.05, 0.1) is 26.4 Å². The highest BCUT2D eigenvalue weighted by Gasteiger charge is 2.31. The Labute approximate surface area is 102 Å². The summed E-state index contributed by atoms with van der Waals surface area (Å²) < 4.78 is 14.6. The quantitative estimate of drug-likeness (QED) is 0.384. The minimum atomic E-state index is -0.980. The third kappa shape index (κ3) is 5.49. The maximum Gasteiger partial charge on any atom is 0.320 e. The molecule has 0 aliphatic heterocycles. The van der Waals surface area contributed by atoms with Crippen LogP contribution in [0.2, 0.25) is 0 Å². The zero-order chi connectivity index (χ0) is 13.4. The van der Waals surface area contributed by atoms with Crippen LogP contribution in [-0.2, 0) is 23.8 Å². The molecule has 5 heteroatoms. The Bertz CT molecular complexity index is 256. The van der Waals surface area contributed by atoms with E-state index >= 15 is 0 Å². The van der Waals surface area contributed by atoms with Crippen molar-refractivity contribution in [3.63, 3.8) is 0 Å². The molecule has 0 aromatic heterocycles. The van der Waals surface area contributed by atoms with Crippen LogP contribution < -0.4 is 0 Å². The predicted molar refractivity (Wildman–Crippen MR) is 62.3 cm³/mol. The first-order valence-electron chi connectivity index (χ1n) is 5.39. The van der Waals surface area contributed by atoms with Crippen LogP contribution in [0.3, 0.4) is 0 Å². The standard InChI is InChI=1S/C12H20O5/c1-6-9(17-8(2)3)7-10(11(13)15-4)12(14)16-5/h6,8-10H,1,7H2,2-5H3. The van der Waals surface area contributed by atoms with Gasteiger partial charge in [-0.05, 0) is 13.8 Å². The molecule has 0 aromatic rings. The monoisotopic (exact) mass is 244 g/mol. The molecule has 17 heavy (non-hydrogen) atoms. The Morgan fingerprint density at radius 2 is 1.65 bits per heavy atom. The summed E-state index contributed by atoms with van der Waals surface area (Å²) in [5.74, 6) is -2.24. The summed E-state index contributed by atoms with van der Waals surface area (Å²) in [6.07, 6.45) is 1.31. The summed E-state index contributed by atoms with van der Waals surface area (Å²) in [6.45, 7) is 7.33. The van der Waals surface area contributed by atoms with Crippen LogP contribution >= 0.6 is 0 Å². The van der Waals surface area contributed by atoms with E-state index in [9.17, 15) is 9.59 Å². The first-order valence-corrected chi connectivity index (χ1v) is 5.39. The second kappa shape index (κ2) is 7.84. The smallest absolute Gasteiger partial charge is 0.320 e. The fourth-order valence-corrected chi connectivity index (χ4v) is 1.36. The van der Waals surface area contributed by atoms with Gasteiger partial charge in [0.15, 0.2) is 5.92 Å². The van der Waals surface area contributed by atoms with Crippen LogP contribution in [0.25, 0.3) is 0 Å². The van der Waals surface area contributed by atoms with Crippen molar-refractivity contribution in [2.45, 2.75) is 32.5 Å². The van der Waals surface area contributed by atoms with E-state index in [2.05, 4.69) is 16.1 Å². The van der Waals surface area contributed by atoms with Crippen LogP contribution in [0.15, 0.2) is 12.7 Å². The molecule has 0 N–H and O–H groups in total. The van der Waals surface area contributed by atoms with E-state index in [-0.39, 0.29) is 12.5 Å². The van der Waals surface area contributed by atoms with Gasteiger partial charge >= 0.3 is 11.9 Å². The molecule has 0 spiro atoms. The minimum Gasteiger partial charge on any atom is -0.468 e. The van der Waals surface area contributed by atoms with Gasteiger partial charge in [-0.2, -0.15) is 0 Å². The fourth-order valence-electron chi connectivity index (χ4n) is 1.36. The highest BCUT2D eigenvalue weighted by molar-refractivity contribution is 5.94. The zero-order valence-corrected chi connectivity index (χ0v) is 10.8. The van der Waals surface area contributed by atoms with E-state index in [0.29, 0.717) is 0 Å². The number of methoxy groups -OCH3 is 2. The first kappa shape index (κ1) is 15.6. The van der Waals surface area contributed by atoms with Crippen LogP contribution in [0.1, 0.15) is 20.3 Å². The van der Waals surface area contributed by atoms with Crippen molar-refractivity contribution >= 4 is 11.9 Å². The molecule has 0 aliphatic carbocycles. The predicted octanol–water partition coefficient (Wildman–Crippen LogP) is 1.32. The highest BCUT2D eigenvalue weighted by Crippen LogP contribution is 2.15. The van der Waals surface area contributed by atoms with Gasteiger partial charge < -0.3 is 14.2 Å². The molecule has 0 amide bonds. The van der Waals surface area contributed by atoms with Gasteiger partial charge in [-0.1, -0.05) is 6.08 Å². The van der Waals surface area contributed by atoms with Gasteiger partial charge in [-0.3, -0.25) is 9.59 Å². The summed E-state index contributed by atoms with van der Waals surface area (Å²) in [6, 6.07) is 0. The van der Waals surface area contributed by atoms with Crippen molar-refractivity contribution in [3.05, 3.63) is 12.7 Å². The molecule has 0 heterocycles. The summed E-state index contributed by atoms with van der Waals surface area (Å²) in [4.78, 5) is 22.9. The summed E-state index contributed by atoms with van der Waals surface area (Å²) in [5.41, 5.74) is 0. The number of ether oxygens (including phenoxy) is 3. The van der Waals surface area contributed by atoms with Crippen molar-refractivity contribution in [1.29, 1.82) is 0 Å². The van der Waals surface area contributed by atoms with Crippen LogP contribution in [0.5, 0.6) is 0 Å². The third-order valence-corrected chi connectivity index (χ3v) is 2.15. The highest BCUT2D eigenvalue weighted by atomic mass is 16.5. The normalized spacial score (nSPS) is 12.4. The second-order valence-electron chi connectivity index (χ2n) is 3.79. The SMILES string of the molecule is C=CC(CC(C(=O)OC)C(=O)OC)OC(C)C. The van der Waals surface area contributed by atoms with Gasteiger partial charge in [0.2, 0.25) is 0 Å². The Morgan fingerprint density at radius 3 is 1.94 bits per heavy atom. The topological polar surface area (TPSA) is 61.8 Å². The average molecular weight is 244 g/mol. The maximum atomic E-state index is 11.4. The lowest BCUT2D eigenvalue weighted by molar-refractivity contribution is -0.160. The molecule has 0 saturated carbocycles. The van der Waals surface area contributed by atoms with Crippen molar-refractivity contribution in [2.24, 2.45) is 5.92 Å². The largest absolute Gasteiger partial charge is 0.468 e. The molecular weight excluding hydrogens is 224 g/mol. The molecule has 0 aliphatic rings. The van der Waals surface area contributed by atoms with Gasteiger partial charge in [-0.15, -0.1) is 6.58 Å². The van der Waals surface area contributed by atoms with Crippen LogP contribution in [0.4, 0.5) is 0 Å². The van der Waals surface area contributed by atoms with Crippen molar-refractivity contribution in [2.75, 3.05) is 14.2 Å². The molecule has 1 unspecified atom stereocenters. The van der Waals surface area contributed by atoms with Crippen molar-refractivity contribution in [3.8, 4) is 0 Å². The zero-order valence-electron chi connectivity index (χ0n) is 10.8. The Kier molecular flexibility index (Phi) is 7.21. The molecule has 98 valence electrons. The lowest BCUT2D eigenvalue weighted by atomic mass is 10.0. The number of esters is 2. The number of rotatable bonds is 7. The fraction of sp³-hybridized carbons (Fsp3) is 0.667. The molecule has 1 atom stereocenters. The number of carbonyl (C=O) groups is 2. The van der Waals surface area contributed by atoms with Crippen LogP contribution in [-0.4, -0.2) is 38.4 Å². The van der Waals surface area contributed by atoms with E-state index in [1.807, 2.05) is 13.8 Å². The van der Waals surface area contributed by atoms with E-state index in [1.165, 1.54) is 14.2 Å². The van der Waals surface area contributed by atoms with Crippen molar-refractivity contribution in [1.82, 2.24) is 0 Å². The third-order valence-electron chi connectivity index (χ3n) is 2.15. The van der Waals surface area contributed by atoms with Gasteiger partial charge in [-0.25, -0.2) is 0 Å². The molecule has 0 radical (unpaired) electrons. The summed E-state index contributed by atoms with van der Waals surface area (Å²) in [5, 5.41) is 0. The molecule has 0 fully saturated rings. The minimum absolute atomic E-state index is 0.0195. The van der Waals surface area contributed by atoms with Gasteiger partial charge in [0, 0.05) is 6.42 Å². The van der Waals surface area contributed by atoms with E-state index < -0.39 is 24.0 Å². The van der Waals surface area contributed by atoms with E-state index in [0.717, 1.165) is 0 Å². The second-order valence-corrected chi connectivity index (χ2v) is 3.79.